The SMILES string of the molecule is COc1cc(C2CCNC2C(=O)C2NC(=O)OC2=O)ccc1OCc1nc(-c2ccco2)oc1C. The number of cyclic esters (lactones) is 2. The maximum atomic E-state index is 12.9. The molecule has 0 saturated carbocycles. The molecule has 2 aromatic heterocycles. The van der Waals surface area contributed by atoms with Gasteiger partial charge in [-0.2, -0.15) is 0 Å². The summed E-state index contributed by atoms with van der Waals surface area (Å²) in [5.41, 5.74) is 1.46. The van der Waals surface area contributed by atoms with Gasteiger partial charge in [0.2, 0.25) is 0 Å². The van der Waals surface area contributed by atoms with Gasteiger partial charge in [-0.15, -0.1) is 0 Å². The van der Waals surface area contributed by atoms with Crippen molar-refractivity contribution in [2.45, 2.75) is 38.0 Å². The number of aryl methyl sites for hydroxylation is 1. The highest BCUT2D eigenvalue weighted by molar-refractivity contribution is 6.13. The number of ketones is 1. The number of carbonyl (C=O) groups is 3. The molecule has 11 heteroatoms. The van der Waals surface area contributed by atoms with Crippen molar-refractivity contribution < 1.29 is 37.4 Å². The molecule has 2 N–H and O–H groups in total. The average molecular weight is 481 g/mol. The van der Waals surface area contributed by atoms with Crippen molar-refractivity contribution in [1.82, 2.24) is 15.6 Å². The van der Waals surface area contributed by atoms with Crippen molar-refractivity contribution in [3.63, 3.8) is 0 Å². The van der Waals surface area contributed by atoms with Crippen LogP contribution < -0.4 is 20.1 Å². The zero-order chi connectivity index (χ0) is 24.5. The van der Waals surface area contributed by atoms with Crippen molar-refractivity contribution in [1.29, 1.82) is 0 Å². The fourth-order valence-electron chi connectivity index (χ4n) is 4.33. The first-order valence-electron chi connectivity index (χ1n) is 11.0. The van der Waals surface area contributed by atoms with E-state index in [4.69, 9.17) is 18.3 Å². The summed E-state index contributed by atoms with van der Waals surface area (Å²) < 4.78 is 26.9. The predicted octanol–water partition coefficient (Wildman–Crippen LogP) is 2.48. The molecule has 3 unspecified atom stereocenters. The van der Waals surface area contributed by atoms with Gasteiger partial charge in [0.1, 0.15) is 18.1 Å². The van der Waals surface area contributed by atoms with Gasteiger partial charge in [0.15, 0.2) is 29.1 Å². The highest BCUT2D eigenvalue weighted by Crippen LogP contribution is 2.36. The number of nitrogens with zero attached hydrogens (tertiary/aromatic N) is 1. The van der Waals surface area contributed by atoms with Gasteiger partial charge in [0.05, 0.1) is 19.4 Å². The standard InChI is InChI=1S/C24H23N3O8/c1-12-15(26-22(34-12)17-4-3-9-32-17)11-33-16-6-5-13(10-18(16)31-2)14-7-8-25-19(14)21(28)20-23(29)35-24(30)27-20/h3-6,9-10,14,19-20,25H,7-8,11H2,1-2H3,(H,27,30). The number of hydrogen-bond acceptors (Lipinski definition) is 10. The van der Waals surface area contributed by atoms with Crippen LogP contribution in [0.15, 0.2) is 45.4 Å². The summed E-state index contributed by atoms with van der Waals surface area (Å²) in [6, 6.07) is 6.99. The van der Waals surface area contributed by atoms with Crippen molar-refractivity contribution >= 4 is 17.8 Å². The van der Waals surface area contributed by atoms with Gasteiger partial charge in [-0.05, 0) is 49.7 Å². The third-order valence-corrected chi connectivity index (χ3v) is 6.11. The molecule has 11 nitrogen and oxygen atoms in total. The lowest BCUT2D eigenvalue weighted by molar-refractivity contribution is -0.139. The molecule has 0 spiro atoms. The molecule has 1 aromatic carbocycles. The Morgan fingerprint density at radius 2 is 2.09 bits per heavy atom. The van der Waals surface area contributed by atoms with Crippen LogP contribution in [0.5, 0.6) is 11.5 Å². The fraction of sp³-hybridized carbons (Fsp3) is 0.333. The topological polar surface area (TPSA) is 142 Å². The Morgan fingerprint density at radius 3 is 2.80 bits per heavy atom. The monoisotopic (exact) mass is 481 g/mol. The Bertz CT molecular complexity index is 1270. The molecule has 2 aliphatic rings. The summed E-state index contributed by atoms with van der Waals surface area (Å²) in [4.78, 5) is 40.5. The second-order valence-corrected chi connectivity index (χ2v) is 8.21. The van der Waals surface area contributed by atoms with Crippen LogP contribution in [0.3, 0.4) is 0 Å². The molecule has 3 atom stereocenters. The summed E-state index contributed by atoms with van der Waals surface area (Å²) in [6.45, 7) is 2.54. The van der Waals surface area contributed by atoms with Crippen LogP contribution in [0.25, 0.3) is 11.7 Å². The highest BCUT2D eigenvalue weighted by Gasteiger charge is 2.45. The maximum Gasteiger partial charge on any atom is 0.416 e. The number of rotatable bonds is 8. The molecule has 2 saturated heterocycles. The zero-order valence-electron chi connectivity index (χ0n) is 19.0. The van der Waals surface area contributed by atoms with E-state index in [2.05, 4.69) is 20.4 Å². The number of nitrogens with one attached hydrogen (secondary N) is 2. The minimum absolute atomic E-state index is 0.154. The minimum atomic E-state index is -1.30. The van der Waals surface area contributed by atoms with E-state index in [1.54, 1.807) is 31.4 Å². The third-order valence-electron chi connectivity index (χ3n) is 6.11. The summed E-state index contributed by atoms with van der Waals surface area (Å²) in [7, 11) is 1.53. The van der Waals surface area contributed by atoms with Crippen molar-refractivity contribution in [3.05, 3.63) is 53.6 Å². The Hall–Kier alpha value is -4.12. The Kier molecular flexibility index (Phi) is 6.00. The number of carbonyl (C=O) groups excluding carboxylic acids is 3. The van der Waals surface area contributed by atoms with Gasteiger partial charge in [0.25, 0.3) is 5.89 Å². The molecular formula is C24H23N3O8. The van der Waals surface area contributed by atoms with Crippen LogP contribution in [-0.4, -0.2) is 48.6 Å². The molecule has 5 rings (SSSR count). The van der Waals surface area contributed by atoms with E-state index in [0.717, 1.165) is 5.56 Å². The summed E-state index contributed by atoms with van der Waals surface area (Å²) >= 11 is 0. The number of oxazole rings is 1. The van der Waals surface area contributed by atoms with Gasteiger partial charge in [-0.3, -0.25) is 4.79 Å². The number of benzene rings is 1. The Labute approximate surface area is 199 Å². The lowest BCUT2D eigenvalue weighted by Crippen LogP contribution is -2.48. The zero-order valence-corrected chi connectivity index (χ0v) is 19.0. The number of methoxy groups -OCH3 is 1. The maximum absolute atomic E-state index is 12.9. The fourth-order valence-corrected chi connectivity index (χ4v) is 4.33. The molecule has 1 amide bonds. The van der Waals surface area contributed by atoms with Crippen LogP contribution in [-0.2, 0) is 20.9 Å². The van der Waals surface area contributed by atoms with Gasteiger partial charge in [0, 0.05) is 5.92 Å². The first kappa shape index (κ1) is 22.7. The Balaban J connectivity index is 1.31. The molecule has 4 heterocycles. The third kappa shape index (κ3) is 4.37. The molecule has 0 aliphatic carbocycles. The van der Waals surface area contributed by atoms with Crippen molar-refractivity contribution in [2.24, 2.45) is 0 Å². The van der Waals surface area contributed by atoms with Crippen LogP contribution in [0.1, 0.15) is 29.4 Å². The quantitative estimate of drug-likeness (QED) is 0.364. The number of furan rings is 1. The normalized spacial score (nSPS) is 21.6. The lowest BCUT2D eigenvalue weighted by atomic mass is 9.87. The average Bonchev–Trinajstić information content (AvgIpc) is 3.64. The van der Waals surface area contributed by atoms with E-state index < -0.39 is 29.9 Å². The molecule has 2 aliphatic heterocycles. The highest BCUT2D eigenvalue weighted by atomic mass is 16.6. The summed E-state index contributed by atoms with van der Waals surface area (Å²) in [5.74, 6) is 0.970. The van der Waals surface area contributed by atoms with Crippen molar-refractivity contribution in [3.8, 4) is 23.1 Å². The van der Waals surface area contributed by atoms with Gasteiger partial charge >= 0.3 is 12.1 Å². The second kappa shape index (κ2) is 9.26. The van der Waals surface area contributed by atoms with E-state index in [0.29, 0.717) is 47.6 Å². The number of amides is 1. The number of esters is 1. The number of alkyl carbamates (subject to hydrolysis) is 1. The number of hydrogen-bond donors (Lipinski definition) is 2. The van der Waals surface area contributed by atoms with E-state index in [9.17, 15) is 14.4 Å². The smallest absolute Gasteiger partial charge is 0.416 e. The van der Waals surface area contributed by atoms with Gasteiger partial charge in [-0.1, -0.05) is 6.07 Å². The van der Waals surface area contributed by atoms with E-state index in [-0.39, 0.29) is 12.5 Å². The molecule has 0 bridgehead atoms. The first-order chi connectivity index (χ1) is 16.9. The number of ether oxygens (including phenoxy) is 3. The van der Waals surface area contributed by atoms with Crippen LogP contribution in [0, 0.1) is 6.92 Å². The predicted molar refractivity (Wildman–Crippen MR) is 119 cm³/mol. The van der Waals surface area contributed by atoms with Crippen LogP contribution >= 0.6 is 0 Å². The van der Waals surface area contributed by atoms with Crippen LogP contribution in [0.4, 0.5) is 4.79 Å². The van der Waals surface area contributed by atoms with Gasteiger partial charge < -0.3 is 33.7 Å². The first-order valence-corrected chi connectivity index (χ1v) is 11.0. The summed E-state index contributed by atoms with van der Waals surface area (Å²) in [5, 5.41) is 5.40. The molecule has 182 valence electrons. The molecular weight excluding hydrogens is 458 g/mol. The summed E-state index contributed by atoms with van der Waals surface area (Å²) in [6.07, 6.45) is 1.30. The number of Topliss-reactive ketones (excluding diaryl/α,β-unsaturated/α-hetero) is 1. The van der Waals surface area contributed by atoms with Crippen LogP contribution in [0.2, 0.25) is 0 Å². The molecule has 35 heavy (non-hydrogen) atoms. The van der Waals surface area contributed by atoms with Gasteiger partial charge in [-0.25, -0.2) is 14.6 Å². The number of aromatic nitrogens is 1. The minimum Gasteiger partial charge on any atom is -0.493 e. The van der Waals surface area contributed by atoms with E-state index in [1.165, 1.54) is 7.11 Å². The molecule has 2 fully saturated rings. The largest absolute Gasteiger partial charge is 0.493 e. The van der Waals surface area contributed by atoms with E-state index >= 15 is 0 Å². The lowest BCUT2D eigenvalue weighted by Gasteiger charge is -2.21. The van der Waals surface area contributed by atoms with Crippen molar-refractivity contribution in [2.75, 3.05) is 13.7 Å². The molecule has 3 aromatic rings. The Morgan fingerprint density at radius 1 is 1.23 bits per heavy atom. The molecule has 0 radical (unpaired) electrons. The van der Waals surface area contributed by atoms with E-state index in [1.807, 2.05) is 12.1 Å². The second-order valence-electron chi connectivity index (χ2n) is 8.21.